The molecule has 0 spiro atoms. The zero-order chi connectivity index (χ0) is 95.3. The standard InChI is InChI=1S/C26H24FN3O3Se.C25H20F3N3O4Se.C25H21F2N3O4Se.C25H23N3O4Se/c1-33-25-20(31)11-13-29-24(25)26(32)28-12-5-4-8-22(28)30(29)23-18-6-2-3-7-21(18)34-15-16-9-10-17(27)14-19(16)23;1-34-24-17(32)6-7-30-23(24)25(33)29-8-9-35-11-19(29)31(30)22-13-4-2-3-5-18(13)36-12-14-20(22)15(26)10-16(27)21(14)28;1-33-24-18(31)8-9-29-23(24)25(32)28-10-11-34-12-20(28)30(29)22-14-4-2-3-5-19(14)35-13-15-16(26)6-7-17(27)21(15)22;1-31-24-19(29)10-11-27-23(24)25(30)26-12-13-32-14-21(26)28(27)22-17-7-3-2-6-16(17)15-33-20-9-5-4-8-18(20)22/h2-3,6-7,9-11,13-14,22-23H,4-5,8,12,15H2,1H3;2-7,10,19,22H,8-9,11-12H2,1H3;2-9,20,22H,10-13H2,1H3;2-11,21-22H,12-15H2,1H3/t22-,23-;19-,22-;20-,22-;21-,22+/m1111/s1. The maximum absolute atomic E-state index is 15.7. The average Bonchev–Trinajstić information content (AvgIpc) is 1.18. The van der Waals surface area contributed by atoms with Crippen molar-refractivity contribution in [2.75, 3.05) is 114 Å². The van der Waals surface area contributed by atoms with Gasteiger partial charge in [-0.1, -0.05) is 0 Å². The van der Waals surface area contributed by atoms with E-state index in [1.54, 1.807) is 42.6 Å². The number of benzene rings is 8. The molecule has 0 unspecified atom stereocenters. The van der Waals surface area contributed by atoms with Gasteiger partial charge >= 0.3 is 817 Å². The van der Waals surface area contributed by atoms with Crippen molar-refractivity contribution >= 4 is 101 Å². The topological polar surface area (TPSA) is 247 Å². The van der Waals surface area contributed by atoms with Crippen molar-refractivity contribution in [1.82, 2.24) is 38.3 Å². The summed E-state index contributed by atoms with van der Waals surface area (Å²) in [7, 11) is 5.51. The Balaban J connectivity index is 0.000000110. The van der Waals surface area contributed by atoms with E-state index in [1.165, 1.54) is 108 Å². The Morgan fingerprint density at radius 3 is 1.10 bits per heavy atom. The van der Waals surface area contributed by atoms with Gasteiger partial charge in [0.25, 0.3) is 0 Å². The van der Waals surface area contributed by atoms with Crippen LogP contribution in [0.2, 0.25) is 0 Å². The second-order valence-corrected chi connectivity index (χ2v) is 42.7. The van der Waals surface area contributed by atoms with Crippen LogP contribution in [-0.4, -0.2) is 241 Å². The molecule has 12 aliphatic rings. The number of hydrogen-bond acceptors (Lipinski definition) is 19. The molecule has 4 aromatic heterocycles. The van der Waals surface area contributed by atoms with Crippen molar-refractivity contribution in [3.05, 3.63) is 372 Å². The van der Waals surface area contributed by atoms with Crippen molar-refractivity contribution in [2.45, 2.75) is 89.4 Å². The van der Waals surface area contributed by atoms with Gasteiger partial charge in [0.05, 0.1) is 0 Å². The van der Waals surface area contributed by atoms with Crippen LogP contribution >= 0.6 is 0 Å². The number of piperidine rings is 1. The number of aromatic nitrogens is 4. The molecule has 4 amide bonds. The van der Waals surface area contributed by atoms with E-state index in [2.05, 4.69) is 76.7 Å². The second kappa shape index (κ2) is 37.9. The van der Waals surface area contributed by atoms with Crippen LogP contribution in [0.15, 0.2) is 226 Å². The van der Waals surface area contributed by atoms with Crippen molar-refractivity contribution < 1.29 is 78.7 Å². The number of rotatable bonds is 8. The van der Waals surface area contributed by atoms with E-state index < -0.39 is 70.3 Å². The third-order valence-electron chi connectivity index (χ3n) is 27.1. The molecule has 4 fully saturated rings. The van der Waals surface area contributed by atoms with E-state index >= 15 is 17.6 Å². The second-order valence-electron chi connectivity index (χ2n) is 34.2. The number of carbonyl (C=O) groups excluding carboxylic acids is 4. The van der Waals surface area contributed by atoms with Gasteiger partial charge in [-0.25, -0.2) is 0 Å². The number of nitrogens with zero attached hydrogens (tertiary/aromatic N) is 12. The Hall–Kier alpha value is -12.6. The molecule has 12 aromatic rings. The van der Waals surface area contributed by atoms with Gasteiger partial charge in [-0.3, -0.25) is 0 Å². The summed E-state index contributed by atoms with van der Waals surface area (Å²) in [5.74, 6) is -5.73. The van der Waals surface area contributed by atoms with E-state index in [0.29, 0.717) is 76.9 Å². The number of pyridine rings is 4. The number of morpholine rings is 3. The van der Waals surface area contributed by atoms with Crippen LogP contribution in [0, 0.1) is 34.9 Å². The average molecular weight is 2140 g/mol. The molecule has 27 nitrogen and oxygen atoms in total. The SMILES string of the molecule is COc1c2n(ccc1=O)N([C@@H]1c3ccccc3[Se]Cc3c(F)c(F)cc(F)c31)[C@@H]1COCCN1C2=O.COc1c2n(ccc1=O)N([C@@H]1c3ccccc3[Se]Cc3c(F)ccc(F)c31)[C@@H]1COCCN1C2=O.COc1c2n(ccc1=O)N([C@H]1c3cc(F)ccc3C[Se]c3ccccc31)[C@@H]1CCCCN1C2=O.COc1c2n(ccc1=O)N([C@H]1c3ccccc3C[Se]c3ccccc31)[C@@H]1COCCN1C2=O. The predicted octanol–water partition coefficient (Wildman–Crippen LogP) is 6.95. The molecule has 24 rings (SSSR count). The number of halogens is 6. The number of hydrogen-bond donors (Lipinski definition) is 0. The number of ether oxygens (including phenoxy) is 7. The number of methoxy groups -OCH3 is 4. The fourth-order valence-corrected chi connectivity index (χ4v) is 30.3. The predicted molar refractivity (Wildman–Crippen MR) is 503 cm³/mol. The van der Waals surface area contributed by atoms with Crippen LogP contribution in [0.25, 0.3) is 0 Å². The molecular weight excluding hydrogens is 2050 g/mol. The number of fused-ring (bicyclic) bond motifs is 16. The Kier molecular flexibility index (Phi) is 25.2. The molecule has 8 atom stereocenters. The third-order valence-corrected chi connectivity index (χ3v) is 36.5. The molecule has 0 bridgehead atoms. The van der Waals surface area contributed by atoms with Crippen LogP contribution < -0.4 is 78.5 Å². The minimum atomic E-state index is -1.24. The van der Waals surface area contributed by atoms with E-state index in [4.69, 9.17) is 33.2 Å². The van der Waals surface area contributed by atoms with Crippen LogP contribution in [0.3, 0.4) is 0 Å². The van der Waals surface area contributed by atoms with Gasteiger partial charge in [-0.15, -0.1) is 0 Å². The van der Waals surface area contributed by atoms with Gasteiger partial charge in [-0.05, 0) is 0 Å². The Bertz CT molecular complexity index is 7170. The molecule has 0 radical (unpaired) electrons. The van der Waals surface area contributed by atoms with E-state index in [0.717, 1.165) is 67.1 Å². The third kappa shape index (κ3) is 15.6. The van der Waals surface area contributed by atoms with Gasteiger partial charge < -0.3 is 0 Å². The monoisotopic (exact) mass is 2140 g/mol. The van der Waals surface area contributed by atoms with Gasteiger partial charge in [0.2, 0.25) is 0 Å². The molecule has 0 N–H and O–H groups in total. The first-order valence-electron chi connectivity index (χ1n) is 44.9. The summed E-state index contributed by atoms with van der Waals surface area (Å²) in [4.78, 5) is 112. The molecule has 4 saturated heterocycles. The molecule has 8 aromatic carbocycles. The normalized spacial score (nSPS) is 21.1. The molecule has 0 aliphatic carbocycles. The van der Waals surface area contributed by atoms with Gasteiger partial charge in [0.1, 0.15) is 0 Å². The first kappa shape index (κ1) is 91.8. The van der Waals surface area contributed by atoms with Gasteiger partial charge in [0, 0.05) is 0 Å². The Morgan fingerprint density at radius 1 is 0.319 bits per heavy atom. The van der Waals surface area contributed by atoms with Gasteiger partial charge in [-0.2, -0.15) is 0 Å². The van der Waals surface area contributed by atoms with E-state index in [9.17, 15) is 47.1 Å². The summed E-state index contributed by atoms with van der Waals surface area (Å²) in [6.07, 6.45) is 7.19. The van der Waals surface area contributed by atoms with Crippen LogP contribution in [-0.2, 0) is 35.5 Å². The van der Waals surface area contributed by atoms with E-state index in [1.807, 2.05) is 80.1 Å². The summed E-state index contributed by atoms with van der Waals surface area (Å²) < 4.78 is 141. The molecule has 37 heteroatoms. The summed E-state index contributed by atoms with van der Waals surface area (Å²) in [5, 5.41) is 10.4. The molecule has 0 saturated carbocycles. The van der Waals surface area contributed by atoms with E-state index in [-0.39, 0.29) is 198 Å². The Labute approximate surface area is 811 Å². The molecular formula is C101H88F6N12O15Se4. The number of carbonyl (C=O) groups is 4. The summed E-state index contributed by atoms with van der Waals surface area (Å²) in [5.41, 5.74) is 8.03. The van der Waals surface area contributed by atoms with Crippen molar-refractivity contribution in [1.29, 1.82) is 0 Å². The first-order valence-corrected chi connectivity index (χ1v) is 53.1. The zero-order valence-electron chi connectivity index (χ0n) is 74.7. The van der Waals surface area contributed by atoms with Crippen molar-refractivity contribution in [3.63, 3.8) is 0 Å². The minimum absolute atomic E-state index is 0.00390. The quantitative estimate of drug-likeness (QED) is 0.0848. The molecule has 16 heterocycles. The number of amides is 4. The molecule has 138 heavy (non-hydrogen) atoms. The maximum atomic E-state index is 15.7. The molecule has 708 valence electrons. The zero-order valence-corrected chi connectivity index (χ0v) is 81.5. The summed E-state index contributed by atoms with van der Waals surface area (Å²) in [6.45, 7) is 3.36. The van der Waals surface area contributed by atoms with Gasteiger partial charge in [0.15, 0.2) is 0 Å². The fourth-order valence-electron chi connectivity index (χ4n) is 21.0. The van der Waals surface area contributed by atoms with Crippen molar-refractivity contribution in [3.8, 4) is 23.0 Å². The fraction of sp³-hybridized carbons (Fsp3) is 0.287. The molecule has 12 aliphatic heterocycles. The Morgan fingerprint density at radius 2 is 0.667 bits per heavy atom. The van der Waals surface area contributed by atoms with Crippen LogP contribution in [0.1, 0.15) is 152 Å². The van der Waals surface area contributed by atoms with Crippen molar-refractivity contribution in [2.24, 2.45) is 0 Å². The van der Waals surface area contributed by atoms with Crippen LogP contribution in [0.4, 0.5) is 26.3 Å². The first-order chi connectivity index (χ1) is 67.2. The summed E-state index contributed by atoms with van der Waals surface area (Å²) >= 11 is 0.0481. The summed E-state index contributed by atoms with van der Waals surface area (Å²) in [6, 6.07) is 51.8. The van der Waals surface area contributed by atoms with Crippen LogP contribution in [0.5, 0.6) is 23.0 Å².